The molecule has 1 aromatic rings. The van der Waals surface area contributed by atoms with Crippen LogP contribution in [0.4, 0.5) is 0 Å². The highest BCUT2D eigenvalue weighted by molar-refractivity contribution is 7.91. The fraction of sp³-hybridized carbons (Fsp3) is 0.500. The van der Waals surface area contributed by atoms with E-state index in [-0.39, 0.29) is 18.6 Å². The highest BCUT2D eigenvalue weighted by Crippen LogP contribution is 2.37. The van der Waals surface area contributed by atoms with Crippen LogP contribution in [0.15, 0.2) is 24.3 Å². The summed E-state index contributed by atoms with van der Waals surface area (Å²) in [6.45, 7) is 1.93. The minimum absolute atomic E-state index is 0.0558. The van der Waals surface area contributed by atoms with Crippen molar-refractivity contribution in [3.8, 4) is 0 Å². The van der Waals surface area contributed by atoms with Crippen molar-refractivity contribution < 1.29 is 23.4 Å². The van der Waals surface area contributed by atoms with Crippen molar-refractivity contribution in [1.82, 2.24) is 0 Å². The van der Waals surface area contributed by atoms with Gasteiger partial charge in [-0.3, -0.25) is 4.79 Å². The molecule has 1 aromatic carbocycles. The topological polar surface area (TPSA) is 91.7 Å². The predicted molar refractivity (Wildman–Crippen MR) is 74.2 cm³/mol. The number of sulfone groups is 1. The molecule has 0 saturated carbocycles. The molecule has 1 fully saturated rings. The van der Waals surface area contributed by atoms with Crippen LogP contribution in [0.5, 0.6) is 0 Å². The third kappa shape index (κ3) is 2.86. The molecule has 0 bridgehead atoms. The Morgan fingerprint density at radius 1 is 1.35 bits per heavy atom. The number of aliphatic hydroxyl groups excluding tert-OH is 1. The Morgan fingerprint density at radius 3 is 2.45 bits per heavy atom. The number of carboxylic acids is 1. The predicted octanol–water partition coefficient (Wildman–Crippen LogP) is 0.788. The van der Waals surface area contributed by atoms with E-state index in [1.54, 1.807) is 0 Å². The van der Waals surface area contributed by atoms with Gasteiger partial charge in [-0.25, -0.2) is 8.42 Å². The van der Waals surface area contributed by atoms with Crippen LogP contribution < -0.4 is 0 Å². The van der Waals surface area contributed by atoms with Crippen LogP contribution >= 0.6 is 0 Å². The first-order valence-electron chi connectivity index (χ1n) is 6.43. The second-order valence-electron chi connectivity index (χ2n) is 5.50. The van der Waals surface area contributed by atoms with Gasteiger partial charge < -0.3 is 10.2 Å². The van der Waals surface area contributed by atoms with Crippen LogP contribution in [0.3, 0.4) is 0 Å². The summed E-state index contributed by atoms with van der Waals surface area (Å²) < 4.78 is 23.0. The molecule has 1 aliphatic rings. The SMILES string of the molecule is Cc1ccc(CC2(C(=O)O)CCS(=O)(=O)CC2O)cc1. The Hall–Kier alpha value is -1.40. The molecule has 2 N–H and O–H groups in total. The van der Waals surface area contributed by atoms with Gasteiger partial charge in [0.2, 0.25) is 0 Å². The molecule has 2 rings (SSSR count). The van der Waals surface area contributed by atoms with Gasteiger partial charge in [-0.15, -0.1) is 0 Å². The molecule has 0 amide bonds. The van der Waals surface area contributed by atoms with Crippen molar-refractivity contribution >= 4 is 15.8 Å². The lowest BCUT2D eigenvalue weighted by Gasteiger charge is -2.37. The van der Waals surface area contributed by atoms with E-state index in [2.05, 4.69) is 0 Å². The van der Waals surface area contributed by atoms with Crippen molar-refractivity contribution in [2.45, 2.75) is 25.9 Å². The Labute approximate surface area is 118 Å². The first-order chi connectivity index (χ1) is 9.25. The van der Waals surface area contributed by atoms with Gasteiger partial charge in [0.25, 0.3) is 0 Å². The molecule has 20 heavy (non-hydrogen) atoms. The lowest BCUT2D eigenvalue weighted by atomic mass is 9.74. The number of carboxylic acid groups (broad SMARTS) is 1. The standard InChI is InChI=1S/C14H18O5S/c1-10-2-4-11(5-3-10)8-14(13(16)17)6-7-20(18,19)9-12(14)15/h2-5,12,15H,6-9H2,1H3,(H,16,17). The van der Waals surface area contributed by atoms with Gasteiger partial charge in [0, 0.05) is 0 Å². The van der Waals surface area contributed by atoms with E-state index in [0.717, 1.165) is 11.1 Å². The van der Waals surface area contributed by atoms with Crippen molar-refractivity contribution in [3.05, 3.63) is 35.4 Å². The van der Waals surface area contributed by atoms with E-state index in [9.17, 15) is 23.4 Å². The zero-order chi connectivity index (χ0) is 15.0. The number of aliphatic hydroxyl groups is 1. The lowest BCUT2D eigenvalue weighted by molar-refractivity contribution is -0.156. The number of aliphatic carboxylic acids is 1. The average Bonchev–Trinajstić information content (AvgIpc) is 2.34. The first-order valence-corrected chi connectivity index (χ1v) is 8.25. The molecule has 0 spiro atoms. The fourth-order valence-corrected chi connectivity index (χ4v) is 4.23. The first kappa shape index (κ1) is 15.0. The molecule has 2 atom stereocenters. The van der Waals surface area contributed by atoms with Crippen LogP contribution in [0.25, 0.3) is 0 Å². The number of carbonyl (C=O) groups is 1. The highest BCUT2D eigenvalue weighted by Gasteiger charge is 2.50. The van der Waals surface area contributed by atoms with Crippen molar-refractivity contribution in [2.24, 2.45) is 5.41 Å². The second-order valence-corrected chi connectivity index (χ2v) is 7.73. The zero-order valence-electron chi connectivity index (χ0n) is 11.2. The summed E-state index contributed by atoms with van der Waals surface area (Å²) in [5.41, 5.74) is 0.432. The second kappa shape index (κ2) is 5.18. The molecule has 0 radical (unpaired) electrons. The van der Waals surface area contributed by atoms with Gasteiger partial charge in [-0.1, -0.05) is 29.8 Å². The number of hydrogen-bond donors (Lipinski definition) is 2. The van der Waals surface area contributed by atoms with Gasteiger partial charge >= 0.3 is 5.97 Å². The number of hydrogen-bond acceptors (Lipinski definition) is 4. The van der Waals surface area contributed by atoms with Crippen molar-refractivity contribution in [3.63, 3.8) is 0 Å². The van der Waals surface area contributed by atoms with Crippen LogP contribution in [0.1, 0.15) is 17.5 Å². The molecular formula is C14H18O5S. The third-order valence-corrected chi connectivity index (χ3v) is 5.62. The summed E-state index contributed by atoms with van der Waals surface area (Å²) in [5.74, 6) is -1.81. The van der Waals surface area contributed by atoms with Gasteiger partial charge in [0.15, 0.2) is 9.84 Å². The summed E-state index contributed by atoms with van der Waals surface area (Å²) >= 11 is 0. The maximum Gasteiger partial charge on any atom is 0.312 e. The molecule has 0 aliphatic carbocycles. The minimum Gasteiger partial charge on any atom is -0.481 e. The maximum absolute atomic E-state index is 11.6. The van der Waals surface area contributed by atoms with Crippen LogP contribution in [0.2, 0.25) is 0 Å². The zero-order valence-corrected chi connectivity index (χ0v) is 12.1. The van der Waals surface area contributed by atoms with Crippen molar-refractivity contribution in [2.75, 3.05) is 11.5 Å². The van der Waals surface area contributed by atoms with Gasteiger partial charge in [0.1, 0.15) is 0 Å². The molecule has 2 unspecified atom stereocenters. The Bertz CT molecular complexity index is 605. The fourth-order valence-electron chi connectivity index (χ4n) is 2.59. The summed E-state index contributed by atoms with van der Waals surface area (Å²) in [6, 6.07) is 7.37. The molecule has 1 heterocycles. The molecule has 5 nitrogen and oxygen atoms in total. The molecular weight excluding hydrogens is 280 g/mol. The van der Waals surface area contributed by atoms with E-state index in [4.69, 9.17) is 0 Å². The number of aryl methyl sites for hydroxylation is 1. The maximum atomic E-state index is 11.6. The quantitative estimate of drug-likeness (QED) is 0.860. The molecule has 0 aromatic heterocycles. The average molecular weight is 298 g/mol. The summed E-state index contributed by atoms with van der Waals surface area (Å²) in [5, 5.41) is 19.6. The minimum atomic E-state index is -3.35. The largest absolute Gasteiger partial charge is 0.481 e. The Balaban J connectivity index is 2.31. The van der Waals surface area contributed by atoms with E-state index >= 15 is 0 Å². The van der Waals surface area contributed by atoms with Gasteiger partial charge in [-0.05, 0) is 25.3 Å². The summed E-state index contributed by atoms with van der Waals surface area (Å²) in [4.78, 5) is 11.6. The third-order valence-electron chi connectivity index (χ3n) is 3.97. The number of benzene rings is 1. The summed E-state index contributed by atoms with van der Waals surface area (Å²) in [6.07, 6.45) is -1.29. The monoisotopic (exact) mass is 298 g/mol. The normalized spacial score (nSPS) is 29.0. The summed E-state index contributed by atoms with van der Waals surface area (Å²) in [7, 11) is -3.35. The Morgan fingerprint density at radius 2 is 1.95 bits per heavy atom. The van der Waals surface area contributed by atoms with E-state index in [0.29, 0.717) is 0 Å². The molecule has 1 saturated heterocycles. The molecule has 1 aliphatic heterocycles. The van der Waals surface area contributed by atoms with Crippen LogP contribution in [-0.4, -0.2) is 42.2 Å². The molecule has 6 heteroatoms. The van der Waals surface area contributed by atoms with Gasteiger partial charge in [0.05, 0.1) is 23.0 Å². The Kier molecular flexibility index (Phi) is 3.88. The van der Waals surface area contributed by atoms with E-state index < -0.39 is 33.1 Å². The van der Waals surface area contributed by atoms with Crippen LogP contribution in [-0.2, 0) is 21.1 Å². The lowest BCUT2D eigenvalue weighted by Crippen LogP contribution is -2.52. The van der Waals surface area contributed by atoms with E-state index in [1.165, 1.54) is 0 Å². The van der Waals surface area contributed by atoms with Gasteiger partial charge in [-0.2, -0.15) is 0 Å². The smallest absolute Gasteiger partial charge is 0.312 e. The van der Waals surface area contributed by atoms with E-state index in [1.807, 2.05) is 31.2 Å². The van der Waals surface area contributed by atoms with Crippen LogP contribution in [0, 0.1) is 12.3 Å². The number of rotatable bonds is 3. The van der Waals surface area contributed by atoms with Crippen molar-refractivity contribution in [1.29, 1.82) is 0 Å². The molecule has 110 valence electrons. The highest BCUT2D eigenvalue weighted by atomic mass is 32.2.